The van der Waals surface area contributed by atoms with Crippen molar-refractivity contribution in [2.75, 3.05) is 11.2 Å². The summed E-state index contributed by atoms with van der Waals surface area (Å²) in [5, 5.41) is 1.84. The summed E-state index contributed by atoms with van der Waals surface area (Å²) in [7, 11) is 5.33. The molecule has 0 bridgehead atoms. The second-order valence-electron chi connectivity index (χ2n) is 2.51. The van der Waals surface area contributed by atoms with Gasteiger partial charge in [0.25, 0.3) is 4.74 Å². The molecule has 1 unspecified atom stereocenters. The van der Waals surface area contributed by atoms with E-state index in [9.17, 15) is 9.59 Å². The van der Waals surface area contributed by atoms with Gasteiger partial charge in [-0.15, -0.1) is 0 Å². The second-order valence-corrected chi connectivity index (χ2v) is 6.90. The average Bonchev–Trinajstić information content (AvgIpc) is 2.72. The fourth-order valence-corrected chi connectivity index (χ4v) is 4.71. The maximum atomic E-state index is 11.2. The maximum absolute atomic E-state index is 11.2. The molecule has 0 saturated carbocycles. The van der Waals surface area contributed by atoms with Crippen LogP contribution in [-0.2, 0) is 4.79 Å². The zero-order valence-corrected chi connectivity index (χ0v) is 10.1. The summed E-state index contributed by atoms with van der Waals surface area (Å²) < 4.78 is -0.00625. The Balaban J connectivity index is 1.91. The van der Waals surface area contributed by atoms with Gasteiger partial charge in [0.15, 0.2) is 0 Å². The van der Waals surface area contributed by atoms with Crippen LogP contribution in [0.4, 0.5) is 5.69 Å². The van der Waals surface area contributed by atoms with Gasteiger partial charge in [0.1, 0.15) is 11.7 Å². The highest BCUT2D eigenvalue weighted by Gasteiger charge is 2.26. The predicted octanol–water partition coefficient (Wildman–Crippen LogP) is 1.38. The largest absolute Gasteiger partial charge is 0.316 e. The molecule has 0 amide bonds. The summed E-state index contributed by atoms with van der Waals surface area (Å²) in [6, 6.07) is -0.200. The number of hydrogen-bond acceptors (Lipinski definition) is 8. The number of hydrazine groups is 1. The molecule has 76 valence electrons. The Kier molecular flexibility index (Phi) is 3.50. The zero-order chi connectivity index (χ0) is 9.97. The minimum Gasteiger partial charge on any atom is -0.316 e. The van der Waals surface area contributed by atoms with Crippen molar-refractivity contribution in [3.63, 3.8) is 0 Å². The van der Waals surface area contributed by atoms with Gasteiger partial charge in [-0.05, 0) is 21.1 Å². The third-order valence-corrected chi connectivity index (χ3v) is 5.67. The van der Waals surface area contributed by atoms with Crippen LogP contribution in [0.2, 0.25) is 0 Å². The first-order chi connectivity index (χ1) is 6.77. The Labute approximate surface area is 95.2 Å². The van der Waals surface area contributed by atoms with Crippen molar-refractivity contribution in [1.29, 1.82) is 0 Å². The number of carbonyl (C=O) groups is 1. The predicted molar refractivity (Wildman–Crippen MR) is 64.1 cm³/mol. The first-order valence-electron chi connectivity index (χ1n) is 3.70. The molecule has 1 aliphatic rings. The van der Waals surface area contributed by atoms with Crippen LogP contribution in [0, 0.1) is 0 Å². The van der Waals surface area contributed by atoms with E-state index < -0.39 is 0 Å². The van der Waals surface area contributed by atoms with E-state index in [1.165, 1.54) is 42.3 Å². The Morgan fingerprint density at radius 3 is 2.86 bits per heavy atom. The van der Waals surface area contributed by atoms with Crippen molar-refractivity contribution < 1.29 is 4.79 Å². The van der Waals surface area contributed by atoms with Gasteiger partial charge in [-0.25, -0.2) is 5.43 Å². The Morgan fingerprint density at radius 1 is 1.43 bits per heavy atom. The normalized spacial score (nSPS) is 21.4. The SMILES string of the molecule is O=C1SSCC1NNc1cssc1=O. The minimum atomic E-state index is -0.200. The number of rotatable bonds is 3. The highest BCUT2D eigenvalue weighted by atomic mass is 33.1. The fourth-order valence-electron chi connectivity index (χ4n) is 0.841. The van der Waals surface area contributed by atoms with Crippen molar-refractivity contribution in [2.45, 2.75) is 6.04 Å². The van der Waals surface area contributed by atoms with E-state index in [0.29, 0.717) is 5.69 Å². The molecule has 0 spiro atoms. The van der Waals surface area contributed by atoms with E-state index >= 15 is 0 Å². The van der Waals surface area contributed by atoms with E-state index in [4.69, 9.17) is 0 Å². The first-order valence-corrected chi connectivity index (χ1v) is 8.23. The Hall–Kier alpha value is -0.0200. The molecule has 2 N–H and O–H groups in total. The van der Waals surface area contributed by atoms with Crippen molar-refractivity contribution in [2.24, 2.45) is 0 Å². The maximum Gasteiger partial charge on any atom is 0.267 e. The average molecular weight is 266 g/mol. The summed E-state index contributed by atoms with van der Waals surface area (Å²) in [5.74, 6) is 0.734. The number of hydrogen-bond donors (Lipinski definition) is 2. The summed E-state index contributed by atoms with van der Waals surface area (Å²) >= 11 is 0. The molecule has 1 aromatic rings. The van der Waals surface area contributed by atoms with Crippen LogP contribution < -0.4 is 15.6 Å². The van der Waals surface area contributed by atoms with Crippen molar-refractivity contribution >= 4 is 53.1 Å². The van der Waals surface area contributed by atoms with Crippen molar-refractivity contribution in [3.8, 4) is 0 Å². The van der Waals surface area contributed by atoms with Gasteiger partial charge in [0.2, 0.25) is 5.12 Å². The van der Waals surface area contributed by atoms with E-state index in [2.05, 4.69) is 10.9 Å². The van der Waals surface area contributed by atoms with Crippen molar-refractivity contribution in [3.05, 3.63) is 14.9 Å². The van der Waals surface area contributed by atoms with E-state index in [1.807, 2.05) is 0 Å². The molecule has 0 aromatic carbocycles. The molecule has 1 atom stereocenters. The molecular weight excluding hydrogens is 260 g/mol. The van der Waals surface area contributed by atoms with Crippen LogP contribution in [0.5, 0.6) is 0 Å². The molecule has 1 aromatic heterocycles. The molecule has 14 heavy (non-hydrogen) atoms. The van der Waals surface area contributed by atoms with Gasteiger partial charge in [-0.3, -0.25) is 9.59 Å². The summed E-state index contributed by atoms with van der Waals surface area (Å²) in [6.07, 6.45) is 0. The Bertz CT molecular complexity index is 387. The Morgan fingerprint density at radius 2 is 2.29 bits per heavy atom. The molecule has 1 fully saturated rings. The lowest BCUT2D eigenvalue weighted by molar-refractivity contribution is -0.111. The molecular formula is C6H6N2O2S4. The highest BCUT2D eigenvalue weighted by molar-refractivity contribution is 8.83. The minimum absolute atomic E-state index is 0.00625. The topological polar surface area (TPSA) is 58.2 Å². The number of nitrogens with one attached hydrogen (secondary N) is 2. The third-order valence-electron chi connectivity index (χ3n) is 1.55. The van der Waals surface area contributed by atoms with Gasteiger partial charge in [-0.1, -0.05) is 21.1 Å². The van der Waals surface area contributed by atoms with Crippen molar-refractivity contribution in [1.82, 2.24) is 5.43 Å². The lowest BCUT2D eigenvalue weighted by Crippen LogP contribution is -2.39. The fraction of sp³-hybridized carbons (Fsp3) is 0.333. The molecule has 8 heteroatoms. The lowest BCUT2D eigenvalue weighted by Gasteiger charge is -2.09. The van der Waals surface area contributed by atoms with Crippen LogP contribution in [0.25, 0.3) is 0 Å². The molecule has 2 rings (SSSR count). The van der Waals surface area contributed by atoms with Gasteiger partial charge < -0.3 is 5.43 Å². The first kappa shape index (κ1) is 10.5. The molecule has 2 heterocycles. The molecule has 4 nitrogen and oxygen atoms in total. The number of carbonyl (C=O) groups excluding carboxylic acids is 1. The highest BCUT2D eigenvalue weighted by Crippen LogP contribution is 2.32. The second kappa shape index (κ2) is 4.67. The van der Waals surface area contributed by atoms with Gasteiger partial charge in [0.05, 0.1) is 0 Å². The van der Waals surface area contributed by atoms with Crippen LogP contribution in [0.3, 0.4) is 0 Å². The van der Waals surface area contributed by atoms with E-state index in [1.54, 1.807) is 5.38 Å². The molecule has 0 aliphatic carbocycles. The standard InChI is InChI=1S/C6H6N2O2S4/c9-5-3(1-11-13-5)7-8-4-2-12-14-6(4)10/h1,4,7-8H,2H2. The summed E-state index contributed by atoms with van der Waals surface area (Å²) in [6.45, 7) is 0. The quantitative estimate of drug-likeness (QED) is 0.637. The van der Waals surface area contributed by atoms with Gasteiger partial charge >= 0.3 is 0 Å². The summed E-state index contributed by atoms with van der Waals surface area (Å²) in [5.41, 5.74) is 6.15. The molecule has 0 radical (unpaired) electrons. The molecule has 1 aliphatic heterocycles. The van der Waals surface area contributed by atoms with Crippen LogP contribution >= 0.6 is 42.3 Å². The summed E-state index contributed by atoms with van der Waals surface area (Å²) in [4.78, 5) is 22.3. The monoisotopic (exact) mass is 266 g/mol. The number of anilines is 1. The molecule has 1 saturated heterocycles. The van der Waals surface area contributed by atoms with Crippen LogP contribution in [0.1, 0.15) is 0 Å². The van der Waals surface area contributed by atoms with Gasteiger partial charge in [-0.2, -0.15) is 0 Å². The van der Waals surface area contributed by atoms with E-state index in [-0.39, 0.29) is 15.9 Å². The van der Waals surface area contributed by atoms with Crippen LogP contribution in [0.15, 0.2) is 10.2 Å². The zero-order valence-electron chi connectivity index (χ0n) is 6.81. The lowest BCUT2D eigenvalue weighted by atomic mass is 10.4. The van der Waals surface area contributed by atoms with E-state index in [0.717, 1.165) is 5.75 Å². The van der Waals surface area contributed by atoms with Crippen LogP contribution in [-0.4, -0.2) is 16.9 Å². The van der Waals surface area contributed by atoms with Gasteiger partial charge in [0, 0.05) is 11.1 Å². The third kappa shape index (κ3) is 2.31. The smallest absolute Gasteiger partial charge is 0.267 e.